The number of H-pyrrole nitrogens is 1. The molecule has 0 aliphatic rings. The summed E-state index contributed by atoms with van der Waals surface area (Å²) < 4.78 is 25.4. The highest BCUT2D eigenvalue weighted by atomic mass is 32.2. The Morgan fingerprint density at radius 2 is 2.06 bits per heavy atom. The topological polar surface area (TPSA) is 99.3 Å². The summed E-state index contributed by atoms with van der Waals surface area (Å²) in [6.07, 6.45) is 0. The van der Waals surface area contributed by atoms with Crippen LogP contribution < -0.4 is 4.72 Å². The minimum Gasteiger partial charge on any atom is -0.477 e. The molecule has 1 aromatic rings. The van der Waals surface area contributed by atoms with Crippen LogP contribution in [0.25, 0.3) is 0 Å². The van der Waals surface area contributed by atoms with E-state index in [1.54, 1.807) is 6.92 Å². The Morgan fingerprint density at radius 3 is 2.50 bits per heavy atom. The molecule has 3 N–H and O–H groups in total. The Morgan fingerprint density at radius 1 is 1.50 bits per heavy atom. The van der Waals surface area contributed by atoms with Gasteiger partial charge in [-0.15, -0.1) is 0 Å². The Bertz CT molecular complexity index is 502. The molecule has 0 aliphatic heterocycles. The molecule has 0 atom stereocenters. The fourth-order valence-corrected chi connectivity index (χ4v) is 1.81. The molecule has 0 saturated carbocycles. The van der Waals surface area contributed by atoms with E-state index in [1.165, 1.54) is 19.9 Å². The van der Waals surface area contributed by atoms with Gasteiger partial charge in [0.05, 0.1) is 10.9 Å². The SMILES string of the molecule is Cc1cc(NS(=O)(=O)C(C)C)c(C(=O)O)[nH]1. The van der Waals surface area contributed by atoms with Crippen molar-refractivity contribution in [2.75, 3.05) is 4.72 Å². The van der Waals surface area contributed by atoms with Crippen LogP contribution in [-0.2, 0) is 10.0 Å². The van der Waals surface area contributed by atoms with Gasteiger partial charge < -0.3 is 10.1 Å². The van der Waals surface area contributed by atoms with Crippen molar-refractivity contribution < 1.29 is 18.3 Å². The van der Waals surface area contributed by atoms with Crippen molar-refractivity contribution in [2.24, 2.45) is 0 Å². The van der Waals surface area contributed by atoms with Crippen LogP contribution in [0, 0.1) is 6.92 Å². The number of hydrogen-bond acceptors (Lipinski definition) is 3. The average molecular weight is 246 g/mol. The van der Waals surface area contributed by atoms with Crippen LogP contribution in [-0.4, -0.2) is 29.7 Å². The van der Waals surface area contributed by atoms with E-state index in [0.717, 1.165) is 0 Å². The Balaban J connectivity index is 3.11. The molecule has 90 valence electrons. The standard InChI is InChI=1S/C9H14N2O4S/c1-5(2)16(14,15)11-7-4-6(3)10-8(7)9(12)13/h4-5,10-11H,1-3H3,(H,12,13). The van der Waals surface area contributed by atoms with E-state index < -0.39 is 21.2 Å². The molecule has 0 amide bonds. The molecule has 0 unspecified atom stereocenters. The average Bonchev–Trinajstić information content (AvgIpc) is 2.45. The van der Waals surface area contributed by atoms with Crippen LogP contribution in [0.1, 0.15) is 30.0 Å². The molecule has 6 nitrogen and oxygen atoms in total. The first-order valence-corrected chi connectivity index (χ1v) is 6.23. The Kier molecular flexibility index (Phi) is 3.27. The van der Waals surface area contributed by atoms with Gasteiger partial charge in [-0.2, -0.15) is 0 Å². The summed E-state index contributed by atoms with van der Waals surface area (Å²) in [5.74, 6) is -1.20. The number of aryl methyl sites for hydroxylation is 1. The molecular weight excluding hydrogens is 232 g/mol. The molecule has 0 aliphatic carbocycles. The second-order valence-corrected chi connectivity index (χ2v) is 5.98. The number of hydrogen-bond donors (Lipinski definition) is 3. The summed E-state index contributed by atoms with van der Waals surface area (Å²) in [4.78, 5) is 13.4. The summed E-state index contributed by atoms with van der Waals surface area (Å²) in [6, 6.07) is 1.45. The predicted octanol–water partition coefficient (Wildman–Crippen LogP) is 1.17. The van der Waals surface area contributed by atoms with E-state index in [0.29, 0.717) is 5.69 Å². The van der Waals surface area contributed by atoms with E-state index >= 15 is 0 Å². The van der Waals surface area contributed by atoms with Crippen molar-refractivity contribution in [3.05, 3.63) is 17.5 Å². The third-order valence-corrected chi connectivity index (χ3v) is 3.78. The van der Waals surface area contributed by atoms with Crippen LogP contribution in [0.3, 0.4) is 0 Å². The normalized spacial score (nSPS) is 11.8. The number of carboxylic acids is 1. The van der Waals surface area contributed by atoms with E-state index in [9.17, 15) is 13.2 Å². The number of anilines is 1. The van der Waals surface area contributed by atoms with E-state index in [1.807, 2.05) is 0 Å². The molecule has 0 bridgehead atoms. The van der Waals surface area contributed by atoms with Crippen LogP contribution in [0.15, 0.2) is 6.07 Å². The maximum Gasteiger partial charge on any atom is 0.354 e. The monoisotopic (exact) mass is 246 g/mol. The molecule has 0 spiro atoms. The fourth-order valence-electron chi connectivity index (χ4n) is 1.11. The second kappa shape index (κ2) is 4.17. The van der Waals surface area contributed by atoms with Gasteiger partial charge in [0.1, 0.15) is 5.69 Å². The third kappa shape index (κ3) is 2.54. The van der Waals surface area contributed by atoms with Crippen molar-refractivity contribution in [3.63, 3.8) is 0 Å². The first-order valence-electron chi connectivity index (χ1n) is 4.68. The third-order valence-electron chi connectivity index (χ3n) is 2.04. The molecule has 0 saturated heterocycles. The second-order valence-electron chi connectivity index (χ2n) is 3.74. The van der Waals surface area contributed by atoms with E-state index in [-0.39, 0.29) is 11.4 Å². The summed E-state index contributed by atoms with van der Waals surface area (Å²) in [5, 5.41) is 8.23. The smallest absolute Gasteiger partial charge is 0.354 e. The van der Waals surface area contributed by atoms with Gasteiger partial charge in [0.2, 0.25) is 10.0 Å². The van der Waals surface area contributed by atoms with Gasteiger partial charge in [-0.25, -0.2) is 13.2 Å². The lowest BCUT2D eigenvalue weighted by Gasteiger charge is -2.09. The zero-order valence-corrected chi connectivity index (χ0v) is 10.1. The maximum atomic E-state index is 11.6. The number of sulfonamides is 1. The molecule has 0 aromatic carbocycles. The van der Waals surface area contributed by atoms with Gasteiger partial charge in [-0.1, -0.05) is 0 Å². The van der Waals surface area contributed by atoms with Crippen molar-refractivity contribution in [3.8, 4) is 0 Å². The van der Waals surface area contributed by atoms with Crippen molar-refractivity contribution in [2.45, 2.75) is 26.0 Å². The number of aromatic amines is 1. The molecule has 0 fully saturated rings. The van der Waals surface area contributed by atoms with Crippen molar-refractivity contribution in [1.29, 1.82) is 0 Å². The summed E-state index contributed by atoms with van der Waals surface area (Å²) in [6.45, 7) is 4.68. The number of aromatic nitrogens is 1. The molecular formula is C9H14N2O4S. The predicted molar refractivity (Wildman–Crippen MR) is 60.2 cm³/mol. The molecule has 1 rings (SSSR count). The summed E-state index contributed by atoms with van der Waals surface area (Å²) in [7, 11) is -3.53. The van der Waals surface area contributed by atoms with Crippen LogP contribution in [0.2, 0.25) is 0 Å². The fraction of sp³-hybridized carbons (Fsp3) is 0.444. The van der Waals surface area contributed by atoms with Gasteiger partial charge in [-0.05, 0) is 26.8 Å². The van der Waals surface area contributed by atoms with Crippen LogP contribution >= 0.6 is 0 Å². The highest BCUT2D eigenvalue weighted by Gasteiger charge is 2.21. The quantitative estimate of drug-likeness (QED) is 0.742. The largest absolute Gasteiger partial charge is 0.477 e. The lowest BCUT2D eigenvalue weighted by Crippen LogP contribution is -2.23. The molecule has 7 heteroatoms. The van der Waals surface area contributed by atoms with Gasteiger partial charge >= 0.3 is 5.97 Å². The molecule has 1 heterocycles. The Labute approximate surface area is 93.7 Å². The maximum absolute atomic E-state index is 11.6. The first kappa shape index (κ1) is 12.6. The van der Waals surface area contributed by atoms with Gasteiger partial charge in [0, 0.05) is 5.69 Å². The van der Waals surface area contributed by atoms with E-state index in [2.05, 4.69) is 9.71 Å². The summed E-state index contributed by atoms with van der Waals surface area (Å²) >= 11 is 0. The lowest BCUT2D eigenvalue weighted by molar-refractivity contribution is 0.0692. The lowest BCUT2D eigenvalue weighted by atomic mass is 10.4. The first-order chi connectivity index (χ1) is 7.24. The number of aromatic carboxylic acids is 1. The molecule has 16 heavy (non-hydrogen) atoms. The van der Waals surface area contributed by atoms with Crippen molar-refractivity contribution in [1.82, 2.24) is 4.98 Å². The number of nitrogens with one attached hydrogen (secondary N) is 2. The minimum absolute atomic E-state index is 0.0682. The van der Waals surface area contributed by atoms with Crippen molar-refractivity contribution >= 4 is 21.7 Å². The number of rotatable bonds is 4. The minimum atomic E-state index is -3.53. The molecule has 0 radical (unpaired) electrons. The van der Waals surface area contributed by atoms with Gasteiger partial charge in [-0.3, -0.25) is 4.72 Å². The highest BCUT2D eigenvalue weighted by Crippen LogP contribution is 2.19. The Hall–Kier alpha value is -1.50. The van der Waals surface area contributed by atoms with Gasteiger partial charge in [0.15, 0.2) is 0 Å². The van der Waals surface area contributed by atoms with Crippen LogP contribution in [0.5, 0.6) is 0 Å². The zero-order valence-electron chi connectivity index (χ0n) is 9.23. The molecule has 1 aromatic heterocycles. The highest BCUT2D eigenvalue weighted by molar-refractivity contribution is 7.93. The van der Waals surface area contributed by atoms with E-state index in [4.69, 9.17) is 5.11 Å². The van der Waals surface area contributed by atoms with Crippen LogP contribution in [0.4, 0.5) is 5.69 Å². The number of carboxylic acid groups (broad SMARTS) is 1. The summed E-state index contributed by atoms with van der Waals surface area (Å²) in [5.41, 5.74) is 0.499. The van der Waals surface area contributed by atoms with Gasteiger partial charge in [0.25, 0.3) is 0 Å². The number of carbonyl (C=O) groups is 1. The zero-order chi connectivity index (χ0) is 12.5.